The van der Waals surface area contributed by atoms with Gasteiger partial charge in [-0.1, -0.05) is 0 Å². The molecule has 1 aromatic heterocycles. The highest BCUT2D eigenvalue weighted by Crippen LogP contribution is 2.33. The van der Waals surface area contributed by atoms with Crippen LogP contribution in [0.15, 0.2) is 16.3 Å². The van der Waals surface area contributed by atoms with Crippen molar-refractivity contribution in [2.75, 3.05) is 13.7 Å². The van der Waals surface area contributed by atoms with Gasteiger partial charge in [-0.3, -0.25) is 0 Å². The summed E-state index contributed by atoms with van der Waals surface area (Å²) in [6.45, 7) is 6.90. The second-order valence-corrected chi connectivity index (χ2v) is 4.22. The summed E-state index contributed by atoms with van der Waals surface area (Å²) in [5.41, 5.74) is 2.43. The smallest absolute Gasteiger partial charge is 0.114 e. The van der Waals surface area contributed by atoms with Gasteiger partial charge in [-0.25, -0.2) is 0 Å². The normalized spacial score (nSPS) is 17.1. The molecule has 2 heterocycles. The number of aryl methyl sites for hydroxylation is 2. The molecule has 2 rings (SSSR count). The second-order valence-electron chi connectivity index (χ2n) is 4.22. The molecule has 0 aromatic carbocycles. The van der Waals surface area contributed by atoms with Gasteiger partial charge in [0.05, 0.1) is 12.6 Å². The van der Waals surface area contributed by atoms with Crippen LogP contribution in [0.4, 0.5) is 0 Å². The van der Waals surface area contributed by atoms with Crippen molar-refractivity contribution in [3.05, 3.63) is 34.5 Å². The van der Waals surface area contributed by atoms with Crippen LogP contribution in [0.3, 0.4) is 0 Å². The summed E-state index contributed by atoms with van der Waals surface area (Å²) in [4.78, 5) is 0. The average Bonchev–Trinajstić information content (AvgIpc) is 2.84. The quantitative estimate of drug-likeness (QED) is 0.852. The van der Waals surface area contributed by atoms with Gasteiger partial charge in [0.25, 0.3) is 0 Å². The topological polar surface area (TPSA) is 34.4 Å². The maximum Gasteiger partial charge on any atom is 0.114 e. The molecule has 0 amide bonds. The molecule has 0 fully saturated rings. The van der Waals surface area contributed by atoms with E-state index in [0.717, 1.165) is 30.3 Å². The van der Waals surface area contributed by atoms with Crippen molar-refractivity contribution in [1.29, 1.82) is 0 Å². The molecule has 0 radical (unpaired) electrons. The lowest BCUT2D eigenvalue weighted by molar-refractivity contribution is 0.217. The lowest BCUT2D eigenvalue weighted by atomic mass is 10.0. The predicted octanol–water partition coefficient (Wildman–Crippen LogP) is 2.77. The molecule has 1 aromatic rings. The average molecular weight is 221 g/mol. The van der Waals surface area contributed by atoms with Crippen LogP contribution in [-0.4, -0.2) is 13.7 Å². The van der Waals surface area contributed by atoms with Crippen molar-refractivity contribution in [3.63, 3.8) is 0 Å². The monoisotopic (exact) mass is 221 g/mol. The summed E-state index contributed by atoms with van der Waals surface area (Å²) in [6.07, 6.45) is 3.16. The van der Waals surface area contributed by atoms with Crippen molar-refractivity contribution in [2.24, 2.45) is 0 Å². The number of ether oxygens (including phenoxy) is 1. The first-order valence-electron chi connectivity index (χ1n) is 5.71. The molecule has 16 heavy (non-hydrogen) atoms. The molecule has 3 heteroatoms. The van der Waals surface area contributed by atoms with Crippen LogP contribution in [0.1, 0.15) is 35.1 Å². The Balaban J connectivity index is 2.40. The van der Waals surface area contributed by atoms with Gasteiger partial charge in [0.2, 0.25) is 0 Å². The van der Waals surface area contributed by atoms with E-state index in [1.54, 1.807) is 0 Å². The number of likely N-dealkylation sites (N-methyl/N-ethyl adjacent to an activating group) is 1. The predicted molar refractivity (Wildman–Crippen MR) is 63.4 cm³/mol. The van der Waals surface area contributed by atoms with Crippen molar-refractivity contribution in [2.45, 2.75) is 33.2 Å². The maximum absolute atomic E-state index is 5.66. The first-order valence-corrected chi connectivity index (χ1v) is 5.71. The van der Waals surface area contributed by atoms with E-state index in [9.17, 15) is 0 Å². The number of rotatable bonds is 3. The number of hydrogen-bond acceptors (Lipinski definition) is 3. The van der Waals surface area contributed by atoms with Gasteiger partial charge in [0, 0.05) is 12.0 Å². The summed E-state index contributed by atoms with van der Waals surface area (Å²) in [5, 5.41) is 3.30. The fourth-order valence-corrected chi connectivity index (χ4v) is 2.30. The van der Waals surface area contributed by atoms with E-state index in [4.69, 9.17) is 9.15 Å². The minimum absolute atomic E-state index is 0.125. The minimum Gasteiger partial charge on any atom is -0.496 e. The van der Waals surface area contributed by atoms with Crippen molar-refractivity contribution >= 4 is 0 Å². The first-order chi connectivity index (χ1) is 7.65. The van der Waals surface area contributed by atoms with Crippen LogP contribution in [0.25, 0.3) is 0 Å². The SMILES string of the molecule is CNC(C1=CCCO1)c1c(C)oc(C)c1C. The van der Waals surface area contributed by atoms with Crippen LogP contribution >= 0.6 is 0 Å². The highest BCUT2D eigenvalue weighted by molar-refractivity contribution is 5.38. The van der Waals surface area contributed by atoms with Gasteiger partial charge in [0.15, 0.2) is 0 Å². The standard InChI is InChI=1S/C13H19NO2/c1-8-9(2)16-10(3)12(8)13(14-4)11-6-5-7-15-11/h6,13-14H,5,7H2,1-4H3. The third kappa shape index (κ3) is 1.76. The zero-order chi connectivity index (χ0) is 11.7. The Labute approximate surface area is 96.5 Å². The van der Waals surface area contributed by atoms with Gasteiger partial charge >= 0.3 is 0 Å². The van der Waals surface area contributed by atoms with Crippen LogP contribution in [-0.2, 0) is 4.74 Å². The van der Waals surface area contributed by atoms with E-state index in [1.165, 1.54) is 11.1 Å². The molecule has 1 aliphatic rings. The van der Waals surface area contributed by atoms with E-state index < -0.39 is 0 Å². The molecule has 1 atom stereocenters. The van der Waals surface area contributed by atoms with Crippen LogP contribution in [0.5, 0.6) is 0 Å². The summed E-state index contributed by atoms with van der Waals surface area (Å²) < 4.78 is 11.3. The number of furan rings is 1. The Morgan fingerprint density at radius 1 is 1.25 bits per heavy atom. The molecule has 1 aliphatic heterocycles. The lowest BCUT2D eigenvalue weighted by Gasteiger charge is -2.18. The minimum atomic E-state index is 0.125. The summed E-state index contributed by atoms with van der Waals surface area (Å²) in [7, 11) is 1.95. The molecule has 0 saturated carbocycles. The zero-order valence-electron chi connectivity index (χ0n) is 10.4. The van der Waals surface area contributed by atoms with E-state index in [-0.39, 0.29) is 6.04 Å². The maximum atomic E-state index is 5.66. The molecule has 3 nitrogen and oxygen atoms in total. The first kappa shape index (κ1) is 11.3. The highest BCUT2D eigenvalue weighted by atomic mass is 16.5. The lowest BCUT2D eigenvalue weighted by Crippen LogP contribution is -2.20. The van der Waals surface area contributed by atoms with E-state index >= 15 is 0 Å². The molecule has 0 spiro atoms. The Morgan fingerprint density at radius 2 is 2.00 bits per heavy atom. The molecule has 0 bridgehead atoms. The molecule has 1 N–H and O–H groups in total. The Hall–Kier alpha value is -1.22. The molecule has 88 valence electrons. The second kappa shape index (κ2) is 4.34. The fraction of sp³-hybridized carbons (Fsp3) is 0.538. The van der Waals surface area contributed by atoms with E-state index in [1.807, 2.05) is 20.9 Å². The number of hydrogen-bond donors (Lipinski definition) is 1. The number of nitrogens with one attached hydrogen (secondary N) is 1. The zero-order valence-corrected chi connectivity index (χ0v) is 10.4. The molecular formula is C13H19NO2. The van der Waals surface area contributed by atoms with E-state index in [2.05, 4.69) is 18.3 Å². The van der Waals surface area contributed by atoms with Gasteiger partial charge in [-0.05, 0) is 39.5 Å². The molecular weight excluding hydrogens is 202 g/mol. The third-order valence-electron chi connectivity index (χ3n) is 3.21. The van der Waals surface area contributed by atoms with Crippen molar-refractivity contribution < 1.29 is 9.15 Å². The van der Waals surface area contributed by atoms with Gasteiger partial charge in [-0.15, -0.1) is 0 Å². The summed E-state index contributed by atoms with van der Waals surface area (Å²) in [5.74, 6) is 2.99. The third-order valence-corrected chi connectivity index (χ3v) is 3.21. The molecule has 1 unspecified atom stereocenters. The molecule has 0 aliphatic carbocycles. The van der Waals surface area contributed by atoms with Crippen LogP contribution < -0.4 is 5.32 Å². The van der Waals surface area contributed by atoms with Crippen LogP contribution in [0, 0.1) is 20.8 Å². The summed E-state index contributed by atoms with van der Waals surface area (Å²) in [6, 6.07) is 0.125. The summed E-state index contributed by atoms with van der Waals surface area (Å²) >= 11 is 0. The van der Waals surface area contributed by atoms with Gasteiger partial charge < -0.3 is 14.5 Å². The van der Waals surface area contributed by atoms with E-state index in [0.29, 0.717) is 0 Å². The van der Waals surface area contributed by atoms with Gasteiger partial charge in [-0.2, -0.15) is 0 Å². The Morgan fingerprint density at radius 3 is 2.44 bits per heavy atom. The highest BCUT2D eigenvalue weighted by Gasteiger charge is 2.25. The van der Waals surface area contributed by atoms with Crippen LogP contribution in [0.2, 0.25) is 0 Å². The van der Waals surface area contributed by atoms with Gasteiger partial charge in [0.1, 0.15) is 17.3 Å². The van der Waals surface area contributed by atoms with Crippen molar-refractivity contribution in [3.8, 4) is 0 Å². The Bertz CT molecular complexity index is 418. The molecule has 0 saturated heterocycles. The fourth-order valence-electron chi connectivity index (χ4n) is 2.30. The van der Waals surface area contributed by atoms with Crippen molar-refractivity contribution in [1.82, 2.24) is 5.32 Å². The Kier molecular flexibility index (Phi) is 3.06. The largest absolute Gasteiger partial charge is 0.496 e.